The lowest BCUT2D eigenvalue weighted by atomic mass is 10.3. The number of amides is 3. The molecule has 0 saturated carbocycles. The van der Waals surface area contributed by atoms with Gasteiger partial charge in [0.1, 0.15) is 32.0 Å². The molecule has 19 heavy (non-hydrogen) atoms. The summed E-state index contributed by atoms with van der Waals surface area (Å²) in [6, 6.07) is 0. The highest BCUT2D eigenvalue weighted by Crippen LogP contribution is 2.08. The summed E-state index contributed by atoms with van der Waals surface area (Å²) in [5, 5.41) is 16.2. The molecule has 0 bridgehead atoms. The third kappa shape index (κ3) is 2.91. The predicted octanol–water partition coefficient (Wildman–Crippen LogP) is -1.72. The quantitative estimate of drug-likeness (QED) is 0.394. The number of nitrogens with zero attached hydrogens (tertiary/aromatic N) is 4. The van der Waals surface area contributed by atoms with Gasteiger partial charge in [0, 0.05) is 0 Å². The number of carbonyl (C=O) groups is 3. The number of rotatable bonds is 3. The fourth-order valence-electron chi connectivity index (χ4n) is 1.59. The van der Waals surface area contributed by atoms with Crippen LogP contribution in [-0.2, 0) is 20.9 Å². The van der Waals surface area contributed by atoms with Crippen LogP contribution in [0.2, 0.25) is 0 Å². The highest BCUT2D eigenvalue weighted by Gasteiger charge is 2.26. The van der Waals surface area contributed by atoms with Crippen LogP contribution < -0.4 is 5.32 Å². The van der Waals surface area contributed by atoms with Gasteiger partial charge >= 0.3 is 5.69 Å². The Morgan fingerprint density at radius 3 is 2.58 bits per heavy atom. The SMILES string of the molecule is O=C1CN(C(=O)Cn2cc([N+](=O)[O-])cn2)CC(=O)N1. The molecule has 0 unspecified atom stereocenters. The summed E-state index contributed by atoms with van der Waals surface area (Å²) in [7, 11) is 0. The minimum Gasteiger partial charge on any atom is -0.322 e. The van der Waals surface area contributed by atoms with Gasteiger partial charge in [0.25, 0.3) is 0 Å². The molecule has 0 spiro atoms. The van der Waals surface area contributed by atoms with E-state index in [1.807, 2.05) is 0 Å². The van der Waals surface area contributed by atoms with Crippen molar-refractivity contribution in [2.75, 3.05) is 13.1 Å². The van der Waals surface area contributed by atoms with Gasteiger partial charge < -0.3 is 4.90 Å². The van der Waals surface area contributed by atoms with Crippen molar-refractivity contribution in [2.45, 2.75) is 6.54 Å². The lowest BCUT2D eigenvalue weighted by Gasteiger charge is -2.25. The largest absolute Gasteiger partial charge is 0.322 e. The zero-order chi connectivity index (χ0) is 14.0. The summed E-state index contributed by atoms with van der Waals surface area (Å²) in [5.74, 6) is -1.63. The van der Waals surface area contributed by atoms with E-state index >= 15 is 0 Å². The third-order valence-corrected chi connectivity index (χ3v) is 2.43. The van der Waals surface area contributed by atoms with Crippen LogP contribution in [0.3, 0.4) is 0 Å². The minimum absolute atomic E-state index is 0.214. The summed E-state index contributed by atoms with van der Waals surface area (Å²) in [4.78, 5) is 44.9. The number of carbonyl (C=O) groups excluding carboxylic acids is 3. The van der Waals surface area contributed by atoms with E-state index in [4.69, 9.17) is 0 Å². The Bertz CT molecular complexity index is 549. The Labute approximate surface area is 106 Å². The van der Waals surface area contributed by atoms with Crippen LogP contribution in [0, 0.1) is 10.1 Å². The van der Waals surface area contributed by atoms with Gasteiger partial charge in [-0.15, -0.1) is 0 Å². The smallest absolute Gasteiger partial charge is 0.307 e. The molecule has 10 heteroatoms. The molecule has 1 aliphatic heterocycles. The van der Waals surface area contributed by atoms with Gasteiger partial charge in [-0.25, -0.2) is 0 Å². The normalized spacial score (nSPS) is 15.3. The average molecular weight is 267 g/mol. The van der Waals surface area contributed by atoms with Crippen molar-refractivity contribution in [3.05, 3.63) is 22.5 Å². The number of imide groups is 1. The number of hydrogen-bond donors (Lipinski definition) is 1. The van der Waals surface area contributed by atoms with Gasteiger partial charge in [0.2, 0.25) is 17.7 Å². The molecule has 3 amide bonds. The second-order valence-electron chi connectivity index (χ2n) is 3.87. The maximum Gasteiger partial charge on any atom is 0.307 e. The number of hydrogen-bond acceptors (Lipinski definition) is 6. The molecule has 2 rings (SSSR count). The van der Waals surface area contributed by atoms with Crippen LogP contribution in [0.15, 0.2) is 12.4 Å². The summed E-state index contributed by atoms with van der Waals surface area (Å²) < 4.78 is 1.08. The third-order valence-electron chi connectivity index (χ3n) is 2.43. The molecule has 1 aromatic rings. The Balaban J connectivity index is 2.01. The molecular formula is C9H9N5O5. The van der Waals surface area contributed by atoms with E-state index in [9.17, 15) is 24.5 Å². The van der Waals surface area contributed by atoms with E-state index in [2.05, 4.69) is 10.4 Å². The predicted molar refractivity (Wildman–Crippen MR) is 58.6 cm³/mol. The monoisotopic (exact) mass is 267 g/mol. The molecule has 0 aliphatic carbocycles. The lowest BCUT2D eigenvalue weighted by Crippen LogP contribution is -2.54. The highest BCUT2D eigenvalue weighted by molar-refractivity contribution is 6.02. The van der Waals surface area contributed by atoms with Crippen LogP contribution in [-0.4, -0.2) is 50.4 Å². The van der Waals surface area contributed by atoms with Gasteiger partial charge in [-0.3, -0.25) is 34.5 Å². The van der Waals surface area contributed by atoms with Gasteiger partial charge in [-0.05, 0) is 0 Å². The topological polar surface area (TPSA) is 127 Å². The number of aromatic nitrogens is 2. The first-order valence-corrected chi connectivity index (χ1v) is 5.23. The van der Waals surface area contributed by atoms with Crippen molar-refractivity contribution in [3.8, 4) is 0 Å². The van der Waals surface area contributed by atoms with Gasteiger partial charge in [0.05, 0.1) is 4.92 Å². The molecule has 2 heterocycles. The van der Waals surface area contributed by atoms with Crippen molar-refractivity contribution in [1.82, 2.24) is 20.0 Å². The van der Waals surface area contributed by atoms with E-state index < -0.39 is 22.6 Å². The zero-order valence-electron chi connectivity index (χ0n) is 9.61. The molecule has 0 atom stereocenters. The summed E-state index contributed by atoms with van der Waals surface area (Å²) in [5.41, 5.74) is -0.236. The van der Waals surface area contributed by atoms with Crippen molar-refractivity contribution >= 4 is 23.4 Å². The standard InChI is InChI=1S/C9H9N5O5/c15-7-3-12(4-8(16)11-7)9(17)5-13-2-6(1-10-13)14(18)19/h1-2H,3-5H2,(H,11,15,16). The summed E-state index contributed by atoms with van der Waals surface area (Å²) in [6.45, 7) is -0.698. The second kappa shape index (κ2) is 4.84. The molecule has 100 valence electrons. The molecule has 0 aromatic carbocycles. The number of nitrogens with one attached hydrogen (secondary N) is 1. The van der Waals surface area contributed by atoms with Crippen molar-refractivity contribution < 1.29 is 19.3 Å². The fraction of sp³-hybridized carbons (Fsp3) is 0.333. The Hall–Kier alpha value is -2.78. The first kappa shape index (κ1) is 12.7. The maximum atomic E-state index is 11.8. The molecular weight excluding hydrogens is 258 g/mol. The second-order valence-corrected chi connectivity index (χ2v) is 3.87. The van der Waals surface area contributed by atoms with E-state index in [0.29, 0.717) is 0 Å². The molecule has 0 radical (unpaired) electrons. The van der Waals surface area contributed by atoms with Crippen molar-refractivity contribution in [3.63, 3.8) is 0 Å². The molecule has 10 nitrogen and oxygen atoms in total. The molecule has 1 fully saturated rings. The van der Waals surface area contributed by atoms with Crippen molar-refractivity contribution in [2.24, 2.45) is 0 Å². The summed E-state index contributed by atoms with van der Waals surface area (Å²) >= 11 is 0. The van der Waals surface area contributed by atoms with Gasteiger partial charge in [0.15, 0.2) is 0 Å². The molecule has 1 aromatic heterocycles. The summed E-state index contributed by atoms with van der Waals surface area (Å²) in [6.07, 6.45) is 2.12. The van der Waals surface area contributed by atoms with Crippen LogP contribution in [0.4, 0.5) is 5.69 Å². The van der Waals surface area contributed by atoms with E-state index in [-0.39, 0.29) is 25.3 Å². The van der Waals surface area contributed by atoms with E-state index in [1.54, 1.807) is 0 Å². The maximum absolute atomic E-state index is 11.8. The number of nitro groups is 1. The Kier molecular flexibility index (Phi) is 3.23. The average Bonchev–Trinajstić information content (AvgIpc) is 2.76. The molecule has 1 saturated heterocycles. The van der Waals surface area contributed by atoms with E-state index in [0.717, 1.165) is 22.0 Å². The van der Waals surface area contributed by atoms with Crippen LogP contribution in [0.5, 0.6) is 0 Å². The van der Waals surface area contributed by atoms with Gasteiger partial charge in [-0.2, -0.15) is 5.10 Å². The van der Waals surface area contributed by atoms with Crippen LogP contribution in [0.25, 0.3) is 0 Å². The highest BCUT2D eigenvalue weighted by atomic mass is 16.6. The number of piperazine rings is 1. The Morgan fingerprint density at radius 1 is 1.42 bits per heavy atom. The van der Waals surface area contributed by atoms with E-state index in [1.165, 1.54) is 0 Å². The zero-order valence-corrected chi connectivity index (χ0v) is 9.61. The minimum atomic E-state index is -0.633. The van der Waals surface area contributed by atoms with Crippen LogP contribution >= 0.6 is 0 Å². The first-order chi connectivity index (χ1) is 8.95. The fourth-order valence-corrected chi connectivity index (χ4v) is 1.59. The van der Waals surface area contributed by atoms with Crippen molar-refractivity contribution in [1.29, 1.82) is 0 Å². The lowest BCUT2D eigenvalue weighted by molar-refractivity contribution is -0.385. The Morgan fingerprint density at radius 2 is 2.05 bits per heavy atom. The first-order valence-electron chi connectivity index (χ1n) is 5.23. The van der Waals surface area contributed by atoms with Gasteiger partial charge in [-0.1, -0.05) is 0 Å². The van der Waals surface area contributed by atoms with Crippen LogP contribution in [0.1, 0.15) is 0 Å². The molecule has 1 N–H and O–H groups in total. The molecule has 1 aliphatic rings.